The second-order valence-electron chi connectivity index (χ2n) is 5.66. The number of aliphatic carboxylic acids is 1. The molecule has 6 heteroatoms. The van der Waals surface area contributed by atoms with Crippen LogP contribution in [0.15, 0.2) is 0 Å². The number of carbonyl (C=O) groups excluding carboxylic acids is 1. The fraction of sp³-hybridized carbons (Fsp3) is 0.857. The Hall–Kier alpha value is -1.30. The molecule has 0 atom stereocenters. The fourth-order valence-electron chi connectivity index (χ4n) is 2.60. The number of hydrogen-bond acceptors (Lipinski definition) is 3. The van der Waals surface area contributed by atoms with Gasteiger partial charge in [-0.1, -0.05) is 6.92 Å². The zero-order chi connectivity index (χ0) is 15.2. The average molecular weight is 286 g/mol. The van der Waals surface area contributed by atoms with E-state index in [1.54, 1.807) is 4.90 Å². The molecule has 1 aliphatic carbocycles. The molecule has 1 rings (SSSR count). The third-order valence-corrected chi connectivity index (χ3v) is 4.14. The molecule has 116 valence electrons. The van der Waals surface area contributed by atoms with Gasteiger partial charge in [0.2, 0.25) is 0 Å². The monoisotopic (exact) mass is 286 g/mol. The number of hydrogen-bond donors (Lipinski definition) is 3. The molecule has 0 aliphatic heterocycles. The van der Waals surface area contributed by atoms with Crippen LogP contribution in [0.1, 0.15) is 46.0 Å². The predicted octanol–water partition coefficient (Wildman–Crippen LogP) is 1.43. The van der Waals surface area contributed by atoms with Gasteiger partial charge in [-0.2, -0.15) is 0 Å². The first-order valence-electron chi connectivity index (χ1n) is 7.36. The minimum atomic E-state index is -1.13. The predicted molar refractivity (Wildman–Crippen MR) is 75.5 cm³/mol. The van der Waals surface area contributed by atoms with Crippen molar-refractivity contribution in [3.8, 4) is 0 Å². The molecule has 1 aliphatic rings. The fourth-order valence-corrected chi connectivity index (χ4v) is 2.60. The van der Waals surface area contributed by atoms with Gasteiger partial charge in [0.25, 0.3) is 0 Å². The van der Waals surface area contributed by atoms with Gasteiger partial charge in [-0.15, -0.1) is 0 Å². The second kappa shape index (κ2) is 7.47. The summed E-state index contributed by atoms with van der Waals surface area (Å²) < 4.78 is 0. The lowest BCUT2D eigenvalue weighted by Crippen LogP contribution is -2.59. The van der Waals surface area contributed by atoms with Crippen LogP contribution in [-0.4, -0.2) is 52.3 Å². The zero-order valence-corrected chi connectivity index (χ0v) is 12.4. The van der Waals surface area contributed by atoms with Crippen molar-refractivity contribution in [1.29, 1.82) is 0 Å². The summed E-state index contributed by atoms with van der Waals surface area (Å²) in [7, 11) is 0. The smallest absolute Gasteiger partial charge is 0.329 e. The molecule has 0 aromatic rings. The number of carboxylic acid groups (broad SMARTS) is 1. The highest BCUT2D eigenvalue weighted by Gasteiger charge is 2.43. The summed E-state index contributed by atoms with van der Waals surface area (Å²) in [5.74, 6) is -0.438. The maximum absolute atomic E-state index is 12.2. The Morgan fingerprint density at radius 1 is 1.35 bits per heavy atom. The number of nitrogens with zero attached hydrogens (tertiary/aromatic N) is 1. The second-order valence-corrected chi connectivity index (χ2v) is 5.66. The van der Waals surface area contributed by atoms with E-state index in [-0.39, 0.29) is 12.6 Å². The van der Waals surface area contributed by atoms with Crippen molar-refractivity contribution >= 4 is 12.0 Å². The van der Waals surface area contributed by atoms with E-state index < -0.39 is 11.5 Å². The van der Waals surface area contributed by atoms with Gasteiger partial charge in [0.1, 0.15) is 5.54 Å². The molecule has 0 unspecified atom stereocenters. The van der Waals surface area contributed by atoms with Crippen molar-refractivity contribution in [2.45, 2.75) is 51.5 Å². The van der Waals surface area contributed by atoms with E-state index in [2.05, 4.69) is 12.2 Å². The van der Waals surface area contributed by atoms with Crippen LogP contribution in [0.3, 0.4) is 0 Å². The SMILES string of the molecule is CCN(CCCO)C(=O)NC1(C(=O)O)CCC(C)CC1. The third kappa shape index (κ3) is 4.10. The molecular formula is C14H26N2O4. The van der Waals surface area contributed by atoms with Gasteiger partial charge < -0.3 is 20.4 Å². The van der Waals surface area contributed by atoms with Crippen molar-refractivity contribution in [2.24, 2.45) is 5.92 Å². The number of urea groups is 1. The van der Waals surface area contributed by atoms with Crippen LogP contribution in [0.5, 0.6) is 0 Å². The van der Waals surface area contributed by atoms with Gasteiger partial charge in [-0.05, 0) is 44.9 Å². The van der Waals surface area contributed by atoms with Crippen molar-refractivity contribution < 1.29 is 19.8 Å². The molecule has 0 spiro atoms. The van der Waals surface area contributed by atoms with Gasteiger partial charge in [-0.25, -0.2) is 9.59 Å². The molecular weight excluding hydrogens is 260 g/mol. The topological polar surface area (TPSA) is 89.9 Å². The lowest BCUT2D eigenvalue weighted by molar-refractivity contribution is -0.146. The molecule has 2 amide bonds. The lowest BCUT2D eigenvalue weighted by atomic mass is 9.77. The quantitative estimate of drug-likeness (QED) is 0.689. The number of amides is 2. The van der Waals surface area contributed by atoms with Crippen LogP contribution in [-0.2, 0) is 4.79 Å². The van der Waals surface area contributed by atoms with Gasteiger partial charge >= 0.3 is 12.0 Å². The minimum Gasteiger partial charge on any atom is -0.480 e. The lowest BCUT2D eigenvalue weighted by Gasteiger charge is -2.37. The molecule has 0 radical (unpaired) electrons. The van der Waals surface area contributed by atoms with Crippen LogP contribution in [0, 0.1) is 5.92 Å². The van der Waals surface area contributed by atoms with Crippen molar-refractivity contribution in [3.63, 3.8) is 0 Å². The Labute approximate surface area is 120 Å². The van der Waals surface area contributed by atoms with E-state index in [4.69, 9.17) is 5.11 Å². The molecule has 1 saturated carbocycles. The van der Waals surface area contributed by atoms with E-state index in [1.807, 2.05) is 6.92 Å². The number of aliphatic hydroxyl groups excluding tert-OH is 1. The first kappa shape index (κ1) is 16.8. The molecule has 3 N–H and O–H groups in total. The van der Waals surface area contributed by atoms with E-state index in [0.717, 1.165) is 12.8 Å². The summed E-state index contributed by atoms with van der Waals surface area (Å²) in [6.45, 7) is 4.90. The van der Waals surface area contributed by atoms with Gasteiger partial charge in [0, 0.05) is 19.7 Å². The Morgan fingerprint density at radius 3 is 2.40 bits per heavy atom. The van der Waals surface area contributed by atoms with Crippen LogP contribution in [0.2, 0.25) is 0 Å². The highest BCUT2D eigenvalue weighted by Crippen LogP contribution is 2.32. The number of nitrogens with one attached hydrogen (secondary N) is 1. The van der Waals surface area contributed by atoms with Crippen LogP contribution in [0.4, 0.5) is 4.79 Å². The number of carbonyl (C=O) groups is 2. The highest BCUT2D eigenvalue weighted by atomic mass is 16.4. The first-order chi connectivity index (χ1) is 9.45. The van der Waals surface area contributed by atoms with Crippen molar-refractivity contribution in [2.75, 3.05) is 19.7 Å². The van der Waals surface area contributed by atoms with Gasteiger partial charge in [0.15, 0.2) is 0 Å². The largest absolute Gasteiger partial charge is 0.480 e. The summed E-state index contributed by atoms with van der Waals surface area (Å²) in [6, 6.07) is -0.349. The van der Waals surface area contributed by atoms with E-state index in [1.165, 1.54) is 0 Å². The standard InChI is InChI=1S/C14H26N2O4/c1-3-16(9-4-10-17)13(20)15-14(12(18)19)7-5-11(2)6-8-14/h11,17H,3-10H2,1-2H3,(H,15,20)(H,18,19). The average Bonchev–Trinajstić information content (AvgIpc) is 2.42. The summed E-state index contributed by atoms with van der Waals surface area (Å²) in [6.07, 6.45) is 3.09. The van der Waals surface area contributed by atoms with Crippen LogP contribution < -0.4 is 5.32 Å². The summed E-state index contributed by atoms with van der Waals surface area (Å²) >= 11 is 0. The molecule has 0 heterocycles. The molecule has 0 bridgehead atoms. The third-order valence-electron chi connectivity index (χ3n) is 4.14. The van der Waals surface area contributed by atoms with Gasteiger partial charge in [0.05, 0.1) is 0 Å². The molecule has 0 saturated heterocycles. The molecule has 1 fully saturated rings. The Kier molecular flexibility index (Phi) is 6.26. The van der Waals surface area contributed by atoms with E-state index in [9.17, 15) is 14.7 Å². The van der Waals surface area contributed by atoms with Crippen molar-refractivity contribution in [3.05, 3.63) is 0 Å². The summed E-state index contributed by atoms with van der Waals surface area (Å²) in [5.41, 5.74) is -1.13. The number of carboxylic acids is 1. The molecule has 0 aromatic heterocycles. The molecule has 6 nitrogen and oxygen atoms in total. The Balaban J connectivity index is 2.70. The Bertz CT molecular complexity index is 338. The van der Waals surface area contributed by atoms with Crippen LogP contribution in [0.25, 0.3) is 0 Å². The minimum absolute atomic E-state index is 0.0192. The summed E-state index contributed by atoms with van der Waals surface area (Å²) in [5, 5.41) is 21.0. The Morgan fingerprint density at radius 2 is 1.95 bits per heavy atom. The van der Waals surface area contributed by atoms with Crippen LogP contribution >= 0.6 is 0 Å². The van der Waals surface area contributed by atoms with E-state index >= 15 is 0 Å². The highest BCUT2D eigenvalue weighted by molar-refractivity contribution is 5.86. The molecule has 0 aromatic carbocycles. The van der Waals surface area contributed by atoms with Gasteiger partial charge in [-0.3, -0.25) is 0 Å². The first-order valence-corrected chi connectivity index (χ1v) is 7.36. The zero-order valence-electron chi connectivity index (χ0n) is 12.4. The maximum Gasteiger partial charge on any atom is 0.329 e. The maximum atomic E-state index is 12.2. The molecule has 20 heavy (non-hydrogen) atoms. The van der Waals surface area contributed by atoms with Crippen molar-refractivity contribution in [1.82, 2.24) is 10.2 Å². The number of rotatable bonds is 6. The normalized spacial score (nSPS) is 26.1. The van der Waals surface area contributed by atoms with E-state index in [0.29, 0.717) is 38.3 Å². The summed E-state index contributed by atoms with van der Waals surface area (Å²) in [4.78, 5) is 25.3. The number of aliphatic hydroxyl groups is 1.